The van der Waals surface area contributed by atoms with E-state index in [1.54, 1.807) is 0 Å². The number of unbranched alkanes of at least 4 members (excludes halogenated alkanes) is 23. The van der Waals surface area contributed by atoms with Crippen molar-refractivity contribution in [2.45, 2.75) is 271 Å². The van der Waals surface area contributed by atoms with Gasteiger partial charge in [0.05, 0.1) is 0 Å². The van der Waals surface area contributed by atoms with E-state index in [2.05, 4.69) is 130 Å². The molecule has 6 nitrogen and oxygen atoms in total. The summed E-state index contributed by atoms with van der Waals surface area (Å²) in [4.78, 5) is 38.1. The number of hydrogen-bond donors (Lipinski definition) is 0. The van der Waals surface area contributed by atoms with Crippen LogP contribution in [0.5, 0.6) is 0 Å². The monoisotopic (exact) mass is 985 g/mol. The fourth-order valence-electron chi connectivity index (χ4n) is 7.93. The molecule has 404 valence electrons. The highest BCUT2D eigenvalue weighted by Gasteiger charge is 2.19. The number of carbonyl (C=O) groups excluding carboxylic acids is 3. The van der Waals surface area contributed by atoms with Crippen LogP contribution in [0.15, 0.2) is 109 Å². The van der Waals surface area contributed by atoms with E-state index >= 15 is 0 Å². The first-order chi connectivity index (χ1) is 35.0. The zero-order valence-corrected chi connectivity index (χ0v) is 46.2. The SMILES string of the molecule is CC/C=C\C/C=C\C/C=C\C/C=C\C/C=C\C/C=C\CCCCCCCCCCCCC(=O)OCC(COC(=O)CCCCCCCCCCCCC)OC(=O)CCCCC/C=C\C/C=C\C/C=C\CC. The molecule has 0 radical (unpaired) electrons. The Hall–Kier alpha value is -3.93. The van der Waals surface area contributed by atoms with E-state index in [4.69, 9.17) is 14.2 Å². The summed E-state index contributed by atoms with van der Waals surface area (Å²) in [6, 6.07) is 0. The van der Waals surface area contributed by atoms with Gasteiger partial charge in [-0.2, -0.15) is 0 Å². The van der Waals surface area contributed by atoms with Crippen molar-refractivity contribution in [3.05, 3.63) is 109 Å². The van der Waals surface area contributed by atoms with E-state index in [9.17, 15) is 14.4 Å². The molecule has 0 amide bonds. The first kappa shape index (κ1) is 67.1. The molecular formula is C65H108O6. The van der Waals surface area contributed by atoms with Crippen LogP contribution in [-0.2, 0) is 28.6 Å². The molecule has 6 heteroatoms. The van der Waals surface area contributed by atoms with Crippen molar-refractivity contribution in [2.75, 3.05) is 13.2 Å². The Bertz CT molecular complexity index is 1460. The number of esters is 3. The Morgan fingerprint density at radius 2 is 0.549 bits per heavy atom. The van der Waals surface area contributed by atoms with Crippen molar-refractivity contribution in [2.24, 2.45) is 0 Å². The molecule has 0 heterocycles. The number of carbonyl (C=O) groups is 3. The summed E-state index contributed by atoms with van der Waals surface area (Å²) in [5.41, 5.74) is 0. The summed E-state index contributed by atoms with van der Waals surface area (Å²) in [6.07, 6.45) is 79.5. The van der Waals surface area contributed by atoms with Crippen molar-refractivity contribution in [3.63, 3.8) is 0 Å². The molecule has 0 aliphatic rings. The highest BCUT2D eigenvalue weighted by atomic mass is 16.6. The molecule has 0 bridgehead atoms. The van der Waals surface area contributed by atoms with E-state index in [1.807, 2.05) is 0 Å². The second kappa shape index (κ2) is 58.6. The van der Waals surface area contributed by atoms with E-state index in [0.717, 1.165) is 122 Å². The second-order valence-corrected chi connectivity index (χ2v) is 19.1. The maximum Gasteiger partial charge on any atom is 0.306 e. The zero-order chi connectivity index (χ0) is 51.4. The van der Waals surface area contributed by atoms with Gasteiger partial charge in [-0.1, -0.05) is 252 Å². The van der Waals surface area contributed by atoms with Crippen LogP contribution in [0.25, 0.3) is 0 Å². The van der Waals surface area contributed by atoms with E-state index in [1.165, 1.54) is 103 Å². The fourth-order valence-corrected chi connectivity index (χ4v) is 7.93. The quantitative estimate of drug-likeness (QED) is 0.0261. The maximum absolute atomic E-state index is 12.8. The smallest absolute Gasteiger partial charge is 0.306 e. The number of allylic oxidation sites excluding steroid dienone is 18. The Morgan fingerprint density at radius 1 is 0.296 bits per heavy atom. The van der Waals surface area contributed by atoms with Gasteiger partial charge >= 0.3 is 17.9 Å². The minimum atomic E-state index is -0.794. The molecule has 0 aliphatic heterocycles. The molecule has 0 saturated carbocycles. The van der Waals surface area contributed by atoms with E-state index in [0.29, 0.717) is 19.3 Å². The molecule has 0 aliphatic carbocycles. The Morgan fingerprint density at radius 3 is 0.873 bits per heavy atom. The van der Waals surface area contributed by atoms with E-state index < -0.39 is 6.10 Å². The predicted molar refractivity (Wildman–Crippen MR) is 307 cm³/mol. The molecule has 71 heavy (non-hydrogen) atoms. The van der Waals surface area contributed by atoms with Crippen LogP contribution in [0.1, 0.15) is 265 Å². The van der Waals surface area contributed by atoms with Crippen LogP contribution < -0.4 is 0 Å². The lowest BCUT2D eigenvalue weighted by atomic mass is 10.1. The summed E-state index contributed by atoms with van der Waals surface area (Å²) in [7, 11) is 0. The van der Waals surface area contributed by atoms with Crippen LogP contribution in [0.2, 0.25) is 0 Å². The van der Waals surface area contributed by atoms with Gasteiger partial charge in [0, 0.05) is 19.3 Å². The molecule has 0 aromatic rings. The third-order valence-corrected chi connectivity index (χ3v) is 12.3. The predicted octanol–water partition coefficient (Wildman–Crippen LogP) is 19.9. The van der Waals surface area contributed by atoms with Crippen LogP contribution >= 0.6 is 0 Å². The number of ether oxygens (including phenoxy) is 3. The van der Waals surface area contributed by atoms with Gasteiger partial charge < -0.3 is 14.2 Å². The Balaban J connectivity index is 4.24. The fraction of sp³-hybridized carbons (Fsp3) is 0.677. The largest absolute Gasteiger partial charge is 0.462 e. The topological polar surface area (TPSA) is 78.9 Å². The Kier molecular flexibility index (Phi) is 55.4. The first-order valence-electron chi connectivity index (χ1n) is 29.4. The highest BCUT2D eigenvalue weighted by molar-refractivity contribution is 5.71. The van der Waals surface area contributed by atoms with Crippen molar-refractivity contribution in [1.82, 2.24) is 0 Å². The van der Waals surface area contributed by atoms with Gasteiger partial charge in [0.15, 0.2) is 6.10 Å². The number of hydrogen-bond acceptors (Lipinski definition) is 6. The van der Waals surface area contributed by atoms with Gasteiger partial charge in [0.25, 0.3) is 0 Å². The summed E-state index contributed by atoms with van der Waals surface area (Å²) in [5, 5.41) is 0. The summed E-state index contributed by atoms with van der Waals surface area (Å²) in [6.45, 7) is 6.38. The third kappa shape index (κ3) is 56.9. The van der Waals surface area contributed by atoms with Gasteiger partial charge in [-0.15, -0.1) is 0 Å². The first-order valence-corrected chi connectivity index (χ1v) is 29.4. The van der Waals surface area contributed by atoms with Crippen molar-refractivity contribution < 1.29 is 28.6 Å². The molecule has 0 spiro atoms. The minimum Gasteiger partial charge on any atom is -0.462 e. The second-order valence-electron chi connectivity index (χ2n) is 19.1. The van der Waals surface area contributed by atoms with Crippen LogP contribution in [-0.4, -0.2) is 37.2 Å². The van der Waals surface area contributed by atoms with Crippen molar-refractivity contribution in [3.8, 4) is 0 Å². The van der Waals surface area contributed by atoms with Crippen molar-refractivity contribution >= 4 is 17.9 Å². The average molecular weight is 986 g/mol. The third-order valence-electron chi connectivity index (χ3n) is 12.3. The molecule has 0 fully saturated rings. The minimum absolute atomic E-state index is 0.0898. The van der Waals surface area contributed by atoms with Gasteiger partial charge in [0.2, 0.25) is 0 Å². The van der Waals surface area contributed by atoms with Gasteiger partial charge in [0.1, 0.15) is 13.2 Å². The molecular weight excluding hydrogens is 877 g/mol. The molecule has 1 unspecified atom stereocenters. The molecule has 0 N–H and O–H groups in total. The zero-order valence-electron chi connectivity index (χ0n) is 46.2. The van der Waals surface area contributed by atoms with Gasteiger partial charge in [-0.3, -0.25) is 14.4 Å². The van der Waals surface area contributed by atoms with Crippen LogP contribution in [0.4, 0.5) is 0 Å². The standard InChI is InChI=1S/C65H108O6/c1-4-7-10-13-16-19-22-24-25-26-27-28-29-30-31-32-33-34-35-36-37-38-39-41-43-46-49-52-55-58-64(67)70-61-62(60-69-63(66)57-54-51-48-45-42-21-18-15-12-9-6-3)71-65(68)59-56-53-50-47-44-40-23-20-17-14-11-8-5-2/h7-8,10-11,16-17,19-20,24-25,27-28,30-31,33-34,40,44,62H,4-6,9,12-15,18,21-23,26,29,32,35-39,41-43,45-61H2,1-3H3/b10-7-,11-8-,19-16-,20-17-,25-24-,28-27-,31-30-,34-33-,44-40-. The Labute approximate surface area is 438 Å². The van der Waals surface area contributed by atoms with Gasteiger partial charge in [-0.05, 0) is 103 Å². The van der Waals surface area contributed by atoms with Crippen LogP contribution in [0.3, 0.4) is 0 Å². The number of rotatable bonds is 52. The van der Waals surface area contributed by atoms with Crippen molar-refractivity contribution in [1.29, 1.82) is 0 Å². The molecule has 0 aromatic heterocycles. The molecule has 0 aromatic carbocycles. The summed E-state index contributed by atoms with van der Waals surface area (Å²) in [5.74, 6) is -0.924. The van der Waals surface area contributed by atoms with Crippen LogP contribution in [0, 0.1) is 0 Å². The van der Waals surface area contributed by atoms with E-state index in [-0.39, 0.29) is 31.1 Å². The lowest BCUT2D eigenvalue weighted by Gasteiger charge is -2.18. The molecule has 1 atom stereocenters. The lowest BCUT2D eigenvalue weighted by molar-refractivity contribution is -0.167. The summed E-state index contributed by atoms with van der Waals surface area (Å²) < 4.78 is 16.8. The van der Waals surface area contributed by atoms with Gasteiger partial charge in [-0.25, -0.2) is 0 Å². The lowest BCUT2D eigenvalue weighted by Crippen LogP contribution is -2.30. The average Bonchev–Trinajstić information content (AvgIpc) is 3.37. The molecule has 0 saturated heterocycles. The normalized spacial score (nSPS) is 12.9. The molecule has 0 rings (SSSR count). The maximum atomic E-state index is 12.8. The highest BCUT2D eigenvalue weighted by Crippen LogP contribution is 2.15. The summed E-state index contributed by atoms with van der Waals surface area (Å²) >= 11 is 0.